The first-order valence-corrected chi connectivity index (χ1v) is 7.78. The minimum Gasteiger partial charge on any atom is -0.459 e. The molecule has 0 fully saturated rings. The highest BCUT2D eigenvalue weighted by Crippen LogP contribution is 2.33. The summed E-state index contributed by atoms with van der Waals surface area (Å²) in [5, 5.41) is 1.12. The van der Waals surface area contributed by atoms with Gasteiger partial charge in [-0.25, -0.2) is 0 Å². The van der Waals surface area contributed by atoms with Crippen LogP contribution in [0.1, 0.15) is 34.1 Å². The van der Waals surface area contributed by atoms with Crippen molar-refractivity contribution in [2.24, 2.45) is 5.73 Å². The van der Waals surface area contributed by atoms with Gasteiger partial charge < -0.3 is 10.2 Å². The van der Waals surface area contributed by atoms with E-state index >= 15 is 0 Å². The van der Waals surface area contributed by atoms with Gasteiger partial charge in [0.1, 0.15) is 11.3 Å². The number of halogens is 1. The summed E-state index contributed by atoms with van der Waals surface area (Å²) in [5.41, 5.74) is 12.0. The lowest BCUT2D eigenvalue weighted by molar-refractivity contribution is 0.521. The van der Waals surface area contributed by atoms with Crippen molar-refractivity contribution in [2.45, 2.75) is 26.8 Å². The molecule has 0 saturated carbocycles. The van der Waals surface area contributed by atoms with E-state index in [1.54, 1.807) is 0 Å². The Kier molecular flexibility index (Phi) is 3.64. The summed E-state index contributed by atoms with van der Waals surface area (Å²) in [5.74, 6) is 0.839. The molecule has 108 valence electrons. The Bertz CT molecular complexity index is 819. The summed E-state index contributed by atoms with van der Waals surface area (Å²) >= 11 is 3.47. The number of benzene rings is 2. The Morgan fingerprint density at radius 1 is 1.00 bits per heavy atom. The molecule has 1 unspecified atom stereocenters. The number of nitrogens with two attached hydrogens (primary N) is 1. The lowest BCUT2D eigenvalue weighted by atomic mass is 9.98. The van der Waals surface area contributed by atoms with Crippen LogP contribution in [0.5, 0.6) is 0 Å². The Balaban J connectivity index is 2.10. The molecular weight excluding hydrogens is 326 g/mol. The van der Waals surface area contributed by atoms with Gasteiger partial charge in [-0.2, -0.15) is 0 Å². The standard InChI is InChI=1S/C18H18BrNO/c1-10-4-5-13(8-11(10)2)17(20)18-12(3)15-7-6-14(19)9-16(15)21-18/h4-9,17H,20H2,1-3H3. The van der Waals surface area contributed by atoms with E-state index in [4.69, 9.17) is 10.2 Å². The highest BCUT2D eigenvalue weighted by Gasteiger charge is 2.19. The molecule has 2 aromatic carbocycles. The zero-order chi connectivity index (χ0) is 15.1. The molecule has 1 aromatic heterocycles. The van der Waals surface area contributed by atoms with Crippen LogP contribution in [-0.2, 0) is 0 Å². The smallest absolute Gasteiger partial charge is 0.135 e. The number of rotatable bonds is 2. The summed E-state index contributed by atoms with van der Waals surface area (Å²) in [6, 6.07) is 12.2. The van der Waals surface area contributed by atoms with E-state index < -0.39 is 0 Å². The molecule has 0 spiro atoms. The Morgan fingerprint density at radius 2 is 1.76 bits per heavy atom. The van der Waals surface area contributed by atoms with Crippen LogP contribution in [0, 0.1) is 20.8 Å². The van der Waals surface area contributed by atoms with E-state index in [9.17, 15) is 0 Å². The average molecular weight is 344 g/mol. The number of fused-ring (bicyclic) bond motifs is 1. The van der Waals surface area contributed by atoms with Crippen molar-refractivity contribution < 1.29 is 4.42 Å². The van der Waals surface area contributed by atoms with E-state index in [1.807, 2.05) is 12.1 Å². The van der Waals surface area contributed by atoms with Crippen molar-refractivity contribution in [3.8, 4) is 0 Å². The van der Waals surface area contributed by atoms with Crippen LogP contribution >= 0.6 is 15.9 Å². The van der Waals surface area contributed by atoms with E-state index in [1.165, 1.54) is 11.1 Å². The van der Waals surface area contributed by atoms with E-state index in [0.717, 1.165) is 32.3 Å². The van der Waals surface area contributed by atoms with Crippen molar-refractivity contribution in [1.82, 2.24) is 0 Å². The van der Waals surface area contributed by atoms with E-state index in [2.05, 4.69) is 61.0 Å². The van der Waals surface area contributed by atoms with Crippen LogP contribution < -0.4 is 5.73 Å². The zero-order valence-corrected chi connectivity index (χ0v) is 14.0. The molecule has 2 nitrogen and oxygen atoms in total. The molecule has 2 N–H and O–H groups in total. The average Bonchev–Trinajstić information content (AvgIpc) is 2.77. The summed E-state index contributed by atoms with van der Waals surface area (Å²) in [4.78, 5) is 0. The molecule has 0 bridgehead atoms. The molecule has 0 amide bonds. The fourth-order valence-corrected chi connectivity index (χ4v) is 2.96. The summed E-state index contributed by atoms with van der Waals surface area (Å²) < 4.78 is 7.02. The van der Waals surface area contributed by atoms with Gasteiger partial charge in [-0.1, -0.05) is 34.1 Å². The third-order valence-corrected chi connectivity index (χ3v) is 4.60. The maximum atomic E-state index is 6.43. The first-order chi connectivity index (χ1) is 9.97. The Labute approximate surface area is 133 Å². The molecule has 1 atom stereocenters. The third-order valence-electron chi connectivity index (χ3n) is 4.11. The van der Waals surface area contributed by atoms with Crippen LogP contribution in [0.4, 0.5) is 0 Å². The SMILES string of the molecule is Cc1ccc(C(N)c2oc3cc(Br)ccc3c2C)cc1C. The molecule has 3 heteroatoms. The molecule has 0 saturated heterocycles. The van der Waals surface area contributed by atoms with Gasteiger partial charge in [-0.05, 0) is 55.7 Å². The predicted octanol–water partition coefficient (Wildman–Crippen LogP) is 5.17. The second-order valence-corrected chi connectivity index (χ2v) is 6.47. The monoisotopic (exact) mass is 343 g/mol. The fraction of sp³-hybridized carbons (Fsp3) is 0.222. The van der Waals surface area contributed by atoms with Crippen molar-refractivity contribution in [3.05, 3.63) is 68.9 Å². The van der Waals surface area contributed by atoms with Gasteiger partial charge in [0.25, 0.3) is 0 Å². The van der Waals surface area contributed by atoms with Gasteiger partial charge in [0, 0.05) is 15.4 Å². The fourth-order valence-electron chi connectivity index (χ4n) is 2.62. The normalized spacial score (nSPS) is 12.8. The maximum absolute atomic E-state index is 6.43. The number of hydrogen-bond acceptors (Lipinski definition) is 2. The van der Waals surface area contributed by atoms with Crippen molar-refractivity contribution >= 4 is 26.9 Å². The minimum absolute atomic E-state index is 0.240. The molecule has 1 heterocycles. The maximum Gasteiger partial charge on any atom is 0.135 e. The van der Waals surface area contributed by atoms with Crippen LogP contribution in [0.2, 0.25) is 0 Å². The third kappa shape index (κ3) is 2.52. The molecular formula is C18H18BrNO. The van der Waals surface area contributed by atoms with Gasteiger partial charge >= 0.3 is 0 Å². The van der Waals surface area contributed by atoms with Crippen LogP contribution in [-0.4, -0.2) is 0 Å². The van der Waals surface area contributed by atoms with E-state index in [-0.39, 0.29) is 6.04 Å². The highest BCUT2D eigenvalue weighted by molar-refractivity contribution is 9.10. The topological polar surface area (TPSA) is 39.2 Å². The molecule has 3 aromatic rings. The van der Waals surface area contributed by atoms with Crippen LogP contribution in [0.15, 0.2) is 45.3 Å². The molecule has 3 rings (SSSR count). The van der Waals surface area contributed by atoms with Gasteiger partial charge in [-0.3, -0.25) is 0 Å². The zero-order valence-electron chi connectivity index (χ0n) is 12.4. The summed E-state index contributed by atoms with van der Waals surface area (Å²) in [6.45, 7) is 6.28. The molecule has 21 heavy (non-hydrogen) atoms. The number of hydrogen-bond donors (Lipinski definition) is 1. The van der Waals surface area contributed by atoms with Gasteiger partial charge in [0.05, 0.1) is 6.04 Å². The molecule has 0 aliphatic carbocycles. The van der Waals surface area contributed by atoms with Gasteiger partial charge in [0.2, 0.25) is 0 Å². The highest BCUT2D eigenvalue weighted by atomic mass is 79.9. The second-order valence-electron chi connectivity index (χ2n) is 5.55. The largest absolute Gasteiger partial charge is 0.459 e. The van der Waals surface area contributed by atoms with Crippen molar-refractivity contribution in [2.75, 3.05) is 0 Å². The molecule has 0 radical (unpaired) electrons. The molecule has 0 aliphatic heterocycles. The second kappa shape index (κ2) is 5.32. The molecule has 0 aliphatic rings. The lowest BCUT2D eigenvalue weighted by Crippen LogP contribution is -2.12. The number of furan rings is 1. The van der Waals surface area contributed by atoms with Crippen molar-refractivity contribution in [3.63, 3.8) is 0 Å². The van der Waals surface area contributed by atoms with Crippen molar-refractivity contribution in [1.29, 1.82) is 0 Å². The first-order valence-electron chi connectivity index (χ1n) is 6.98. The number of aryl methyl sites for hydroxylation is 3. The summed E-state index contributed by atoms with van der Waals surface area (Å²) in [7, 11) is 0. The van der Waals surface area contributed by atoms with Crippen LogP contribution in [0.25, 0.3) is 11.0 Å². The summed E-state index contributed by atoms with van der Waals surface area (Å²) in [6.07, 6.45) is 0. The quantitative estimate of drug-likeness (QED) is 0.697. The van der Waals surface area contributed by atoms with Gasteiger partial charge in [-0.15, -0.1) is 0 Å². The van der Waals surface area contributed by atoms with Crippen LogP contribution in [0.3, 0.4) is 0 Å². The first kappa shape index (κ1) is 14.4. The predicted molar refractivity (Wildman–Crippen MR) is 90.6 cm³/mol. The van der Waals surface area contributed by atoms with E-state index in [0.29, 0.717) is 0 Å². The Morgan fingerprint density at radius 3 is 2.48 bits per heavy atom. The lowest BCUT2D eigenvalue weighted by Gasteiger charge is -2.12. The van der Waals surface area contributed by atoms with Gasteiger partial charge in [0.15, 0.2) is 0 Å². The Hall–Kier alpha value is -1.58. The minimum atomic E-state index is -0.240.